The molecule has 1 amide bonds. The van der Waals surface area contributed by atoms with Crippen molar-refractivity contribution in [3.05, 3.63) is 78.0 Å². The van der Waals surface area contributed by atoms with Gasteiger partial charge in [0.15, 0.2) is 0 Å². The van der Waals surface area contributed by atoms with Crippen LogP contribution < -0.4 is 4.90 Å². The van der Waals surface area contributed by atoms with Crippen molar-refractivity contribution >= 4 is 39.9 Å². The van der Waals surface area contributed by atoms with E-state index in [-0.39, 0.29) is 5.91 Å². The molecule has 2 aliphatic heterocycles. The highest BCUT2D eigenvalue weighted by molar-refractivity contribution is 8.00. The maximum atomic E-state index is 13.1. The summed E-state index contributed by atoms with van der Waals surface area (Å²) in [7, 11) is 0. The van der Waals surface area contributed by atoms with Gasteiger partial charge in [-0.25, -0.2) is 0 Å². The summed E-state index contributed by atoms with van der Waals surface area (Å²) in [5.74, 6) is 0.124. The Kier molecular flexibility index (Phi) is 5.04. The highest BCUT2D eigenvalue weighted by Crippen LogP contribution is 2.51. The predicted octanol–water partition coefficient (Wildman–Crippen LogP) is 6.55. The predicted molar refractivity (Wildman–Crippen MR) is 136 cm³/mol. The topological polar surface area (TPSA) is 28.5 Å². The van der Waals surface area contributed by atoms with E-state index in [1.165, 1.54) is 27.8 Å². The van der Waals surface area contributed by atoms with Crippen LogP contribution in [0.5, 0.6) is 0 Å². The third-order valence-corrected chi connectivity index (χ3v) is 8.09. The quantitative estimate of drug-likeness (QED) is 0.352. The third kappa shape index (κ3) is 3.14. The van der Waals surface area contributed by atoms with E-state index in [2.05, 4.69) is 77.1 Å². The van der Waals surface area contributed by atoms with Gasteiger partial charge in [-0.15, -0.1) is 0 Å². The maximum absolute atomic E-state index is 13.1. The molecule has 5 heteroatoms. The molecule has 4 aromatic rings. The number of rotatable bonds is 3. The molecule has 0 saturated heterocycles. The van der Waals surface area contributed by atoms with Crippen LogP contribution in [0.2, 0.25) is 0 Å². The van der Waals surface area contributed by atoms with Gasteiger partial charge < -0.3 is 4.57 Å². The monoisotopic (exact) mass is 453 g/mol. The molecule has 166 valence electrons. The minimum Gasteiger partial charge on any atom is -0.312 e. The second-order valence-electron chi connectivity index (χ2n) is 8.67. The standard InChI is InChI=1S/C28H27N3OS/c1-3-27(32)31-23-12-7-8-15-26(23)33-28-24(13-9-14-25(28)31)30-21-11-6-5-10-19(21)20-18-29(4-2)17-16-22(20)30/h5-15H,3-4,16-18H2,1-2H3. The second kappa shape index (κ2) is 8.08. The van der Waals surface area contributed by atoms with Crippen molar-refractivity contribution in [3.8, 4) is 5.69 Å². The molecule has 3 aromatic carbocycles. The van der Waals surface area contributed by atoms with Crippen LogP contribution in [0.1, 0.15) is 31.5 Å². The summed E-state index contributed by atoms with van der Waals surface area (Å²) in [5.41, 5.74) is 7.24. The molecule has 33 heavy (non-hydrogen) atoms. The van der Waals surface area contributed by atoms with Crippen molar-refractivity contribution in [3.63, 3.8) is 0 Å². The molecule has 0 fully saturated rings. The number of carbonyl (C=O) groups excluding carboxylic acids is 1. The van der Waals surface area contributed by atoms with Gasteiger partial charge in [0.2, 0.25) is 5.91 Å². The van der Waals surface area contributed by atoms with Crippen molar-refractivity contribution in [1.82, 2.24) is 9.47 Å². The molecular weight excluding hydrogens is 426 g/mol. The molecule has 3 heterocycles. The molecule has 1 aromatic heterocycles. The number of nitrogens with zero attached hydrogens (tertiary/aromatic N) is 3. The number of amides is 1. The number of carbonyl (C=O) groups is 1. The smallest absolute Gasteiger partial charge is 0.231 e. The lowest BCUT2D eigenvalue weighted by Crippen LogP contribution is -2.31. The molecule has 0 bridgehead atoms. The molecule has 6 rings (SSSR count). The maximum Gasteiger partial charge on any atom is 0.231 e. The van der Waals surface area contributed by atoms with Crippen molar-refractivity contribution in [2.45, 2.75) is 43.0 Å². The van der Waals surface area contributed by atoms with Gasteiger partial charge in [-0.3, -0.25) is 14.6 Å². The van der Waals surface area contributed by atoms with Gasteiger partial charge in [-0.05, 0) is 42.4 Å². The number of para-hydroxylation sites is 2. The van der Waals surface area contributed by atoms with Crippen LogP contribution in [-0.2, 0) is 17.8 Å². The van der Waals surface area contributed by atoms with Gasteiger partial charge >= 0.3 is 0 Å². The number of hydrogen-bond acceptors (Lipinski definition) is 3. The Morgan fingerprint density at radius 3 is 2.52 bits per heavy atom. The number of fused-ring (bicyclic) bond motifs is 5. The number of likely N-dealkylation sites (N-methyl/N-ethyl adjacent to an activating group) is 1. The van der Waals surface area contributed by atoms with Crippen LogP contribution in [0.3, 0.4) is 0 Å². The lowest BCUT2D eigenvalue weighted by atomic mass is 10.0. The van der Waals surface area contributed by atoms with Gasteiger partial charge in [-0.1, -0.05) is 62.0 Å². The Bertz CT molecular complexity index is 1390. The molecule has 0 saturated carbocycles. The Morgan fingerprint density at radius 2 is 1.67 bits per heavy atom. The zero-order valence-electron chi connectivity index (χ0n) is 19.0. The van der Waals surface area contributed by atoms with E-state index in [4.69, 9.17) is 0 Å². The summed E-state index contributed by atoms with van der Waals surface area (Å²) in [6.45, 7) is 7.31. The van der Waals surface area contributed by atoms with Crippen molar-refractivity contribution in [2.75, 3.05) is 18.0 Å². The summed E-state index contributed by atoms with van der Waals surface area (Å²) < 4.78 is 2.46. The van der Waals surface area contributed by atoms with Gasteiger partial charge in [0.05, 0.1) is 27.5 Å². The highest BCUT2D eigenvalue weighted by atomic mass is 32.2. The first-order chi connectivity index (χ1) is 16.2. The van der Waals surface area contributed by atoms with E-state index in [0.29, 0.717) is 6.42 Å². The Hall–Kier alpha value is -3.02. The minimum atomic E-state index is 0.124. The molecular formula is C28H27N3OS. The fraction of sp³-hybridized carbons (Fsp3) is 0.250. The van der Waals surface area contributed by atoms with Gasteiger partial charge in [0.25, 0.3) is 0 Å². The van der Waals surface area contributed by atoms with Crippen LogP contribution >= 0.6 is 11.8 Å². The van der Waals surface area contributed by atoms with E-state index in [1.54, 1.807) is 11.8 Å². The lowest BCUT2D eigenvalue weighted by Gasteiger charge is -2.33. The van der Waals surface area contributed by atoms with E-state index in [9.17, 15) is 4.79 Å². The van der Waals surface area contributed by atoms with Gasteiger partial charge in [0, 0.05) is 41.9 Å². The SMILES string of the molecule is CCC(=O)N1c2ccccc2Sc2c1cccc2-n1c2c(c3ccccc31)CN(CC)CC2. The van der Waals surface area contributed by atoms with E-state index in [0.717, 1.165) is 47.2 Å². The van der Waals surface area contributed by atoms with Crippen LogP contribution in [0.4, 0.5) is 11.4 Å². The average molecular weight is 454 g/mol. The summed E-state index contributed by atoms with van der Waals surface area (Å²) in [6.07, 6.45) is 1.50. The van der Waals surface area contributed by atoms with E-state index >= 15 is 0 Å². The van der Waals surface area contributed by atoms with Crippen LogP contribution in [0, 0.1) is 0 Å². The summed E-state index contributed by atoms with van der Waals surface area (Å²) in [5, 5.41) is 1.34. The van der Waals surface area contributed by atoms with E-state index in [1.807, 2.05) is 17.9 Å². The Morgan fingerprint density at radius 1 is 0.909 bits per heavy atom. The second-order valence-corrected chi connectivity index (χ2v) is 9.73. The normalized spacial score (nSPS) is 15.3. The van der Waals surface area contributed by atoms with Crippen LogP contribution in [-0.4, -0.2) is 28.5 Å². The first-order valence-corrected chi connectivity index (χ1v) is 12.6. The Balaban J connectivity index is 1.61. The molecule has 0 radical (unpaired) electrons. The first kappa shape index (κ1) is 20.6. The van der Waals surface area contributed by atoms with Gasteiger partial charge in [0.1, 0.15) is 0 Å². The molecule has 2 aliphatic rings. The molecule has 4 nitrogen and oxygen atoms in total. The fourth-order valence-electron chi connectivity index (χ4n) is 5.27. The van der Waals surface area contributed by atoms with Crippen molar-refractivity contribution in [2.24, 2.45) is 0 Å². The van der Waals surface area contributed by atoms with E-state index < -0.39 is 0 Å². The summed E-state index contributed by atoms with van der Waals surface area (Å²) in [4.78, 5) is 19.8. The lowest BCUT2D eigenvalue weighted by molar-refractivity contribution is -0.117. The highest BCUT2D eigenvalue weighted by Gasteiger charge is 2.31. The van der Waals surface area contributed by atoms with Crippen LogP contribution in [0.15, 0.2) is 76.5 Å². The fourth-order valence-corrected chi connectivity index (χ4v) is 6.43. The Labute approximate surface area is 198 Å². The molecule has 0 spiro atoms. The number of benzene rings is 3. The number of anilines is 2. The molecule has 0 atom stereocenters. The summed E-state index contributed by atoms with van der Waals surface area (Å²) in [6, 6.07) is 23.4. The average Bonchev–Trinajstić information content (AvgIpc) is 3.20. The minimum absolute atomic E-state index is 0.124. The molecule has 0 unspecified atom stereocenters. The van der Waals surface area contributed by atoms with Gasteiger partial charge in [-0.2, -0.15) is 0 Å². The molecule has 0 N–H and O–H groups in total. The van der Waals surface area contributed by atoms with Crippen molar-refractivity contribution < 1.29 is 4.79 Å². The number of hydrogen-bond donors (Lipinski definition) is 0. The molecule has 0 aliphatic carbocycles. The zero-order valence-corrected chi connectivity index (χ0v) is 19.9. The zero-order chi connectivity index (χ0) is 22.5. The number of aromatic nitrogens is 1. The largest absolute Gasteiger partial charge is 0.312 e. The third-order valence-electron chi connectivity index (χ3n) is 6.91. The van der Waals surface area contributed by atoms with Crippen molar-refractivity contribution in [1.29, 1.82) is 0 Å². The first-order valence-electron chi connectivity index (χ1n) is 11.8. The summed E-state index contributed by atoms with van der Waals surface area (Å²) >= 11 is 1.78. The van der Waals surface area contributed by atoms with Crippen LogP contribution in [0.25, 0.3) is 16.6 Å².